The maximum absolute atomic E-state index is 9.19. The maximum Gasteiger partial charge on any atom is 0.0637 e. The van der Waals surface area contributed by atoms with Gasteiger partial charge in [-0.1, -0.05) is 35.3 Å². The van der Waals surface area contributed by atoms with Crippen LogP contribution in [0.5, 0.6) is 0 Å². The molecule has 19 heavy (non-hydrogen) atoms. The second-order valence-corrected chi connectivity index (χ2v) is 5.75. The molecule has 106 valence electrons. The van der Waals surface area contributed by atoms with Crippen molar-refractivity contribution >= 4 is 23.2 Å². The lowest BCUT2D eigenvalue weighted by Crippen LogP contribution is -2.38. The average Bonchev–Trinajstić information content (AvgIpc) is 2.88. The van der Waals surface area contributed by atoms with Crippen molar-refractivity contribution in [2.45, 2.75) is 25.4 Å². The highest BCUT2D eigenvalue weighted by Gasteiger charge is 2.18. The molecule has 2 rings (SSSR count). The first-order valence-corrected chi connectivity index (χ1v) is 7.46. The van der Waals surface area contributed by atoms with Crippen LogP contribution in [0.2, 0.25) is 10.0 Å². The van der Waals surface area contributed by atoms with Gasteiger partial charge in [-0.05, 0) is 31.0 Å². The summed E-state index contributed by atoms with van der Waals surface area (Å²) in [6, 6.07) is 6.21. The summed E-state index contributed by atoms with van der Waals surface area (Å²) in [6.07, 6.45) is 2.43. The zero-order valence-electron chi connectivity index (χ0n) is 10.9. The lowest BCUT2D eigenvalue weighted by atomic mass is 10.1. The van der Waals surface area contributed by atoms with E-state index in [-0.39, 0.29) is 6.61 Å². The zero-order valence-corrected chi connectivity index (χ0v) is 12.4. The Balaban J connectivity index is 2.00. The number of benzene rings is 1. The van der Waals surface area contributed by atoms with Crippen LogP contribution in [0.1, 0.15) is 18.4 Å². The molecule has 0 radical (unpaired) electrons. The largest absolute Gasteiger partial charge is 0.395 e. The van der Waals surface area contributed by atoms with Gasteiger partial charge >= 0.3 is 0 Å². The Morgan fingerprint density at radius 1 is 1.37 bits per heavy atom. The van der Waals surface area contributed by atoms with Crippen molar-refractivity contribution in [1.82, 2.24) is 10.2 Å². The van der Waals surface area contributed by atoms with Gasteiger partial charge in [-0.3, -0.25) is 4.90 Å². The SMILES string of the molecule is OCCN(Cc1cccc(Cl)c1Cl)CC1CCCN1. The fourth-order valence-electron chi connectivity index (χ4n) is 2.51. The Morgan fingerprint density at radius 2 is 2.21 bits per heavy atom. The summed E-state index contributed by atoms with van der Waals surface area (Å²) in [5.41, 5.74) is 1.01. The molecule has 0 bridgehead atoms. The molecular weight excluding hydrogens is 283 g/mol. The summed E-state index contributed by atoms with van der Waals surface area (Å²) in [4.78, 5) is 2.22. The molecule has 1 atom stereocenters. The minimum atomic E-state index is 0.158. The molecule has 1 saturated heterocycles. The molecule has 1 heterocycles. The highest BCUT2D eigenvalue weighted by molar-refractivity contribution is 6.42. The van der Waals surface area contributed by atoms with Gasteiger partial charge in [-0.15, -0.1) is 0 Å². The molecule has 0 aliphatic carbocycles. The molecule has 1 aliphatic rings. The number of nitrogens with one attached hydrogen (secondary N) is 1. The number of hydrogen-bond donors (Lipinski definition) is 2. The fourth-order valence-corrected chi connectivity index (χ4v) is 2.89. The van der Waals surface area contributed by atoms with Crippen molar-refractivity contribution in [2.75, 3.05) is 26.2 Å². The number of halogens is 2. The standard InChI is InChI=1S/C14H20Cl2N2O/c15-13-5-1-3-11(14(13)16)9-18(7-8-19)10-12-4-2-6-17-12/h1,3,5,12,17,19H,2,4,6-10H2. The minimum absolute atomic E-state index is 0.158. The van der Waals surface area contributed by atoms with Crippen LogP contribution in [0.25, 0.3) is 0 Å². The van der Waals surface area contributed by atoms with E-state index in [0.717, 1.165) is 25.2 Å². The van der Waals surface area contributed by atoms with Crippen LogP contribution in [0.4, 0.5) is 0 Å². The van der Waals surface area contributed by atoms with Crippen LogP contribution in [-0.4, -0.2) is 42.3 Å². The van der Waals surface area contributed by atoms with Gasteiger partial charge in [-0.2, -0.15) is 0 Å². The van der Waals surface area contributed by atoms with Crippen molar-refractivity contribution in [3.05, 3.63) is 33.8 Å². The van der Waals surface area contributed by atoms with Crippen molar-refractivity contribution in [3.8, 4) is 0 Å². The fraction of sp³-hybridized carbons (Fsp3) is 0.571. The van der Waals surface area contributed by atoms with Gasteiger partial charge in [-0.25, -0.2) is 0 Å². The van der Waals surface area contributed by atoms with E-state index in [0.29, 0.717) is 22.6 Å². The van der Waals surface area contributed by atoms with Gasteiger partial charge in [0.15, 0.2) is 0 Å². The van der Waals surface area contributed by atoms with Gasteiger partial charge in [0.2, 0.25) is 0 Å². The molecule has 0 spiro atoms. The zero-order chi connectivity index (χ0) is 13.7. The molecule has 3 nitrogen and oxygen atoms in total. The molecule has 1 fully saturated rings. The highest BCUT2D eigenvalue weighted by atomic mass is 35.5. The molecule has 1 aliphatic heterocycles. The summed E-state index contributed by atoms with van der Waals surface area (Å²) < 4.78 is 0. The number of nitrogens with zero attached hydrogens (tertiary/aromatic N) is 1. The smallest absolute Gasteiger partial charge is 0.0637 e. The molecule has 1 unspecified atom stereocenters. The second kappa shape index (κ2) is 7.46. The topological polar surface area (TPSA) is 35.5 Å². The van der Waals surface area contributed by atoms with E-state index in [2.05, 4.69) is 10.2 Å². The third-order valence-electron chi connectivity index (χ3n) is 3.48. The number of aliphatic hydroxyl groups excluding tert-OH is 1. The first-order valence-electron chi connectivity index (χ1n) is 6.70. The predicted molar refractivity (Wildman–Crippen MR) is 79.8 cm³/mol. The monoisotopic (exact) mass is 302 g/mol. The molecular formula is C14H20Cl2N2O. The van der Waals surface area contributed by atoms with Gasteiger partial charge < -0.3 is 10.4 Å². The molecule has 1 aromatic carbocycles. The third-order valence-corrected chi connectivity index (χ3v) is 4.34. The number of hydrogen-bond acceptors (Lipinski definition) is 3. The van der Waals surface area contributed by atoms with Crippen molar-refractivity contribution in [1.29, 1.82) is 0 Å². The van der Waals surface area contributed by atoms with E-state index in [4.69, 9.17) is 23.2 Å². The van der Waals surface area contributed by atoms with Crippen LogP contribution in [0, 0.1) is 0 Å². The summed E-state index contributed by atoms with van der Waals surface area (Å²) in [5.74, 6) is 0. The van der Waals surface area contributed by atoms with E-state index in [1.165, 1.54) is 12.8 Å². The maximum atomic E-state index is 9.19. The summed E-state index contributed by atoms with van der Waals surface area (Å²) in [5, 5.41) is 13.9. The summed E-state index contributed by atoms with van der Waals surface area (Å²) in [6.45, 7) is 3.56. The summed E-state index contributed by atoms with van der Waals surface area (Å²) in [7, 11) is 0. The lowest BCUT2D eigenvalue weighted by molar-refractivity contribution is 0.179. The minimum Gasteiger partial charge on any atom is -0.395 e. The Kier molecular flexibility index (Phi) is 5.92. The average molecular weight is 303 g/mol. The first-order chi connectivity index (χ1) is 9.20. The molecule has 0 aromatic heterocycles. The van der Waals surface area contributed by atoms with Crippen LogP contribution >= 0.6 is 23.2 Å². The highest BCUT2D eigenvalue weighted by Crippen LogP contribution is 2.26. The number of rotatable bonds is 6. The molecule has 1 aromatic rings. The van der Waals surface area contributed by atoms with Crippen LogP contribution in [0.15, 0.2) is 18.2 Å². The molecule has 5 heteroatoms. The van der Waals surface area contributed by atoms with E-state index in [9.17, 15) is 5.11 Å². The summed E-state index contributed by atoms with van der Waals surface area (Å²) >= 11 is 12.2. The lowest BCUT2D eigenvalue weighted by Gasteiger charge is -2.25. The van der Waals surface area contributed by atoms with Gasteiger partial charge in [0, 0.05) is 25.7 Å². The van der Waals surface area contributed by atoms with Crippen molar-refractivity contribution in [3.63, 3.8) is 0 Å². The molecule has 0 amide bonds. The molecule has 2 N–H and O–H groups in total. The van der Waals surface area contributed by atoms with Crippen molar-refractivity contribution < 1.29 is 5.11 Å². The van der Waals surface area contributed by atoms with E-state index < -0.39 is 0 Å². The van der Waals surface area contributed by atoms with Gasteiger partial charge in [0.25, 0.3) is 0 Å². The Morgan fingerprint density at radius 3 is 2.89 bits per heavy atom. The Labute approximate surface area is 124 Å². The Bertz CT molecular complexity index is 408. The normalized spacial score (nSPS) is 19.3. The molecule has 0 saturated carbocycles. The predicted octanol–water partition coefficient (Wildman–Crippen LogP) is 2.54. The van der Waals surface area contributed by atoms with Crippen LogP contribution in [-0.2, 0) is 6.54 Å². The van der Waals surface area contributed by atoms with E-state index in [1.807, 2.05) is 12.1 Å². The van der Waals surface area contributed by atoms with Gasteiger partial charge in [0.05, 0.1) is 16.7 Å². The third kappa shape index (κ3) is 4.33. The Hall–Kier alpha value is -0.320. The van der Waals surface area contributed by atoms with Crippen LogP contribution in [0.3, 0.4) is 0 Å². The first kappa shape index (κ1) is 15.1. The quantitative estimate of drug-likeness (QED) is 0.848. The van der Waals surface area contributed by atoms with Crippen LogP contribution < -0.4 is 5.32 Å². The second-order valence-electron chi connectivity index (χ2n) is 4.96. The van der Waals surface area contributed by atoms with E-state index >= 15 is 0 Å². The van der Waals surface area contributed by atoms with Crippen molar-refractivity contribution in [2.24, 2.45) is 0 Å². The number of aliphatic hydroxyl groups is 1. The van der Waals surface area contributed by atoms with E-state index in [1.54, 1.807) is 6.07 Å². The van der Waals surface area contributed by atoms with Gasteiger partial charge in [0.1, 0.15) is 0 Å².